The van der Waals surface area contributed by atoms with E-state index in [2.05, 4.69) is 24.9 Å². The maximum atomic E-state index is 5.32. The smallest absolute Gasteiger partial charge is 0.266 e. The third-order valence-electron chi connectivity index (χ3n) is 2.11. The van der Waals surface area contributed by atoms with Crippen LogP contribution in [0.15, 0.2) is 22.6 Å². The van der Waals surface area contributed by atoms with Crippen LogP contribution in [0.25, 0.3) is 11.1 Å². The highest BCUT2D eigenvalue weighted by Gasteiger charge is 2.02. The molecule has 13 heavy (non-hydrogen) atoms. The lowest BCUT2D eigenvalue weighted by atomic mass is 10.0. The van der Waals surface area contributed by atoms with Gasteiger partial charge in [-0.05, 0) is 35.8 Å². The zero-order valence-corrected chi connectivity index (χ0v) is 8.44. The van der Waals surface area contributed by atoms with Gasteiger partial charge in [0.05, 0.1) is 5.52 Å². The molecule has 0 amide bonds. The number of nitrogens with one attached hydrogen (secondary N) is 1. The lowest BCUT2D eigenvalue weighted by molar-refractivity contribution is 0.582. The van der Waals surface area contributed by atoms with Crippen LogP contribution in [0.1, 0.15) is 25.3 Å². The van der Waals surface area contributed by atoms with Gasteiger partial charge in [-0.1, -0.05) is 19.9 Å². The number of hydrogen-bond donors (Lipinski definition) is 1. The molecular formula is C10H11NOS. The predicted octanol–water partition coefficient (Wildman–Crippen LogP) is 3.61. The first kappa shape index (κ1) is 8.51. The van der Waals surface area contributed by atoms with Gasteiger partial charge in [-0.15, -0.1) is 0 Å². The Balaban J connectivity index is 2.68. The maximum Gasteiger partial charge on any atom is 0.266 e. The Morgan fingerprint density at radius 2 is 2.15 bits per heavy atom. The van der Waals surface area contributed by atoms with Crippen LogP contribution in [0, 0.1) is 4.84 Å². The molecule has 1 N–H and O–H groups in total. The third-order valence-corrected chi connectivity index (χ3v) is 2.30. The molecule has 2 nitrogen and oxygen atoms in total. The van der Waals surface area contributed by atoms with Gasteiger partial charge >= 0.3 is 0 Å². The van der Waals surface area contributed by atoms with Gasteiger partial charge in [0, 0.05) is 0 Å². The second-order valence-corrected chi connectivity index (χ2v) is 3.80. The van der Waals surface area contributed by atoms with Crippen molar-refractivity contribution < 1.29 is 4.42 Å². The fourth-order valence-electron chi connectivity index (χ4n) is 1.32. The standard InChI is InChI=1S/C10H11NOS/c1-6(2)7-3-4-8-9(5-7)12-10(13)11-8/h3-6H,1-2H3,(H,11,13). The van der Waals surface area contributed by atoms with Crippen molar-refractivity contribution in [2.45, 2.75) is 19.8 Å². The first-order valence-corrected chi connectivity index (χ1v) is 4.70. The molecule has 1 aromatic carbocycles. The number of oxazole rings is 1. The molecule has 0 radical (unpaired) electrons. The van der Waals surface area contributed by atoms with Crippen molar-refractivity contribution in [1.29, 1.82) is 0 Å². The van der Waals surface area contributed by atoms with Gasteiger partial charge in [0.15, 0.2) is 5.58 Å². The Labute approximate surface area is 81.6 Å². The van der Waals surface area contributed by atoms with E-state index >= 15 is 0 Å². The topological polar surface area (TPSA) is 28.9 Å². The number of fused-ring (bicyclic) bond motifs is 1. The minimum Gasteiger partial charge on any atom is -0.429 e. The Morgan fingerprint density at radius 1 is 1.38 bits per heavy atom. The zero-order chi connectivity index (χ0) is 9.42. The molecular weight excluding hydrogens is 182 g/mol. The molecule has 1 heterocycles. The monoisotopic (exact) mass is 193 g/mol. The Hall–Kier alpha value is -1.09. The van der Waals surface area contributed by atoms with Crippen LogP contribution in [-0.4, -0.2) is 4.98 Å². The van der Waals surface area contributed by atoms with E-state index in [0.29, 0.717) is 10.8 Å². The van der Waals surface area contributed by atoms with Crippen LogP contribution in [-0.2, 0) is 0 Å². The molecule has 0 spiro atoms. The molecule has 0 fully saturated rings. The molecule has 0 aliphatic rings. The lowest BCUT2D eigenvalue weighted by Gasteiger charge is -2.02. The van der Waals surface area contributed by atoms with E-state index < -0.39 is 0 Å². The van der Waals surface area contributed by atoms with Crippen LogP contribution < -0.4 is 0 Å². The van der Waals surface area contributed by atoms with E-state index in [1.807, 2.05) is 12.1 Å². The summed E-state index contributed by atoms with van der Waals surface area (Å²) in [5, 5.41) is 0. The van der Waals surface area contributed by atoms with E-state index in [-0.39, 0.29) is 0 Å². The molecule has 3 heteroatoms. The summed E-state index contributed by atoms with van der Waals surface area (Å²) in [6.07, 6.45) is 0. The molecule has 0 saturated heterocycles. The molecule has 2 aromatic rings. The fourth-order valence-corrected chi connectivity index (χ4v) is 1.52. The van der Waals surface area contributed by atoms with Crippen LogP contribution in [0.2, 0.25) is 0 Å². The first-order chi connectivity index (χ1) is 6.16. The highest BCUT2D eigenvalue weighted by atomic mass is 32.1. The lowest BCUT2D eigenvalue weighted by Crippen LogP contribution is -1.85. The minimum absolute atomic E-state index is 0.441. The van der Waals surface area contributed by atoms with Crippen molar-refractivity contribution in [3.05, 3.63) is 28.6 Å². The van der Waals surface area contributed by atoms with E-state index in [1.165, 1.54) is 5.56 Å². The number of rotatable bonds is 1. The van der Waals surface area contributed by atoms with Crippen molar-refractivity contribution in [2.75, 3.05) is 0 Å². The Morgan fingerprint density at radius 3 is 2.85 bits per heavy atom. The second-order valence-electron chi connectivity index (χ2n) is 3.42. The summed E-state index contributed by atoms with van der Waals surface area (Å²) in [6.45, 7) is 4.31. The number of benzene rings is 1. The molecule has 0 aliphatic carbocycles. The Bertz CT molecular complexity index is 481. The molecule has 0 aliphatic heterocycles. The summed E-state index contributed by atoms with van der Waals surface area (Å²) >= 11 is 4.90. The van der Waals surface area contributed by atoms with Gasteiger partial charge in [0.2, 0.25) is 0 Å². The van der Waals surface area contributed by atoms with Gasteiger partial charge in [0.1, 0.15) is 0 Å². The van der Waals surface area contributed by atoms with Gasteiger partial charge in [-0.3, -0.25) is 0 Å². The van der Waals surface area contributed by atoms with Crippen molar-refractivity contribution >= 4 is 23.3 Å². The highest BCUT2D eigenvalue weighted by Crippen LogP contribution is 2.20. The third kappa shape index (κ3) is 1.52. The average Bonchev–Trinajstić information content (AvgIpc) is 2.42. The highest BCUT2D eigenvalue weighted by molar-refractivity contribution is 7.71. The number of aromatic amines is 1. The van der Waals surface area contributed by atoms with Gasteiger partial charge in [-0.25, -0.2) is 0 Å². The largest absolute Gasteiger partial charge is 0.429 e. The van der Waals surface area contributed by atoms with Crippen molar-refractivity contribution in [1.82, 2.24) is 4.98 Å². The van der Waals surface area contributed by atoms with E-state index in [0.717, 1.165) is 11.1 Å². The molecule has 68 valence electrons. The summed E-state index contributed by atoms with van der Waals surface area (Å²) in [4.78, 5) is 3.41. The molecule has 0 bridgehead atoms. The molecule has 0 saturated carbocycles. The summed E-state index contributed by atoms with van der Waals surface area (Å²) in [6, 6.07) is 6.13. The maximum absolute atomic E-state index is 5.32. The summed E-state index contributed by atoms with van der Waals surface area (Å²) in [5.41, 5.74) is 3.08. The number of hydrogen-bond acceptors (Lipinski definition) is 2. The van der Waals surface area contributed by atoms with Crippen molar-refractivity contribution in [2.24, 2.45) is 0 Å². The summed E-state index contributed by atoms with van der Waals surface area (Å²) < 4.78 is 5.32. The van der Waals surface area contributed by atoms with Gasteiger partial charge < -0.3 is 9.40 Å². The molecule has 2 rings (SSSR count). The Kier molecular flexibility index (Phi) is 1.96. The van der Waals surface area contributed by atoms with Crippen molar-refractivity contribution in [3.63, 3.8) is 0 Å². The van der Waals surface area contributed by atoms with Gasteiger partial charge in [0.25, 0.3) is 4.84 Å². The SMILES string of the molecule is CC(C)c1ccc2[nH]c(=S)oc2c1. The fraction of sp³-hybridized carbons (Fsp3) is 0.300. The van der Waals surface area contributed by atoms with E-state index in [9.17, 15) is 0 Å². The zero-order valence-electron chi connectivity index (χ0n) is 7.63. The van der Waals surface area contributed by atoms with Crippen LogP contribution >= 0.6 is 12.2 Å². The first-order valence-electron chi connectivity index (χ1n) is 4.29. The number of aromatic nitrogens is 1. The van der Waals surface area contributed by atoms with Crippen LogP contribution in [0.3, 0.4) is 0 Å². The van der Waals surface area contributed by atoms with Crippen molar-refractivity contribution in [3.8, 4) is 0 Å². The van der Waals surface area contributed by atoms with Crippen LogP contribution in [0.4, 0.5) is 0 Å². The number of H-pyrrole nitrogens is 1. The van der Waals surface area contributed by atoms with E-state index in [4.69, 9.17) is 16.6 Å². The van der Waals surface area contributed by atoms with E-state index in [1.54, 1.807) is 0 Å². The molecule has 0 atom stereocenters. The quantitative estimate of drug-likeness (QED) is 0.701. The normalized spacial score (nSPS) is 11.3. The molecule has 0 unspecified atom stereocenters. The van der Waals surface area contributed by atoms with Gasteiger partial charge in [-0.2, -0.15) is 0 Å². The molecule has 1 aromatic heterocycles. The minimum atomic E-state index is 0.441. The second kappa shape index (κ2) is 3.00. The predicted molar refractivity (Wildman–Crippen MR) is 55.5 cm³/mol. The van der Waals surface area contributed by atoms with Crippen LogP contribution in [0.5, 0.6) is 0 Å². The average molecular weight is 193 g/mol. The summed E-state index contributed by atoms with van der Waals surface area (Å²) in [7, 11) is 0. The summed E-state index contributed by atoms with van der Waals surface area (Å²) in [5.74, 6) is 0.517.